The number of rotatable bonds is 4. The van der Waals surface area contributed by atoms with Crippen LogP contribution in [0.15, 0.2) is 24.3 Å². The summed E-state index contributed by atoms with van der Waals surface area (Å²) in [6.07, 6.45) is 0. The van der Waals surface area contributed by atoms with Crippen molar-refractivity contribution in [3.8, 4) is 0 Å². The van der Waals surface area contributed by atoms with E-state index in [1.165, 1.54) is 12.1 Å². The lowest BCUT2D eigenvalue weighted by Gasteiger charge is -2.13. The van der Waals surface area contributed by atoms with Gasteiger partial charge in [0.05, 0.1) is 16.3 Å². The molecule has 2 aromatic rings. The molecule has 0 aliphatic rings. The molecule has 2 aromatic carbocycles. The minimum Gasteiger partial charge on any atom is -0.452 e. The van der Waals surface area contributed by atoms with E-state index < -0.39 is 18.5 Å². The van der Waals surface area contributed by atoms with Crippen LogP contribution >= 0.6 is 23.2 Å². The minimum absolute atomic E-state index is 0.0213. The van der Waals surface area contributed by atoms with Crippen molar-refractivity contribution in [1.82, 2.24) is 0 Å². The number of aryl methyl sites for hydroxylation is 3. The van der Waals surface area contributed by atoms with E-state index in [9.17, 15) is 9.59 Å². The van der Waals surface area contributed by atoms with Crippen LogP contribution in [0, 0.1) is 20.8 Å². The number of halogens is 2. The van der Waals surface area contributed by atoms with Crippen LogP contribution in [0.2, 0.25) is 10.0 Å². The Balaban J connectivity index is 2.05. The maximum Gasteiger partial charge on any atom is 0.340 e. The molecule has 0 bridgehead atoms. The van der Waals surface area contributed by atoms with Gasteiger partial charge in [-0.2, -0.15) is 0 Å². The van der Waals surface area contributed by atoms with Gasteiger partial charge in [0, 0.05) is 10.7 Å². The fourth-order valence-electron chi connectivity index (χ4n) is 2.52. The third kappa shape index (κ3) is 4.65. The summed E-state index contributed by atoms with van der Waals surface area (Å²) in [4.78, 5) is 24.2. The van der Waals surface area contributed by atoms with Crippen LogP contribution in [0.5, 0.6) is 0 Å². The summed E-state index contributed by atoms with van der Waals surface area (Å²) in [6, 6.07) is 6.69. The number of benzene rings is 2. The normalized spacial score (nSPS) is 10.4. The number of esters is 1. The van der Waals surface area contributed by atoms with Crippen LogP contribution in [-0.2, 0) is 9.53 Å². The maximum atomic E-state index is 12.1. The lowest BCUT2D eigenvalue weighted by molar-refractivity contribution is -0.119. The van der Waals surface area contributed by atoms with Crippen molar-refractivity contribution in [2.24, 2.45) is 0 Å². The van der Waals surface area contributed by atoms with Crippen LogP contribution in [0.1, 0.15) is 27.0 Å². The van der Waals surface area contributed by atoms with E-state index in [0.717, 1.165) is 16.7 Å². The number of ether oxygens (including phenoxy) is 1. The summed E-state index contributed by atoms with van der Waals surface area (Å²) in [5, 5.41) is 3.15. The second kappa shape index (κ2) is 7.76. The molecule has 132 valence electrons. The summed E-state index contributed by atoms with van der Waals surface area (Å²) in [5.74, 6) is -1.22. The molecule has 0 aliphatic carbocycles. The molecule has 0 saturated carbocycles. The van der Waals surface area contributed by atoms with E-state index in [1.54, 1.807) is 0 Å². The molecule has 5 nitrogen and oxygen atoms in total. The molecule has 2 rings (SSSR count). The smallest absolute Gasteiger partial charge is 0.340 e. The van der Waals surface area contributed by atoms with Crippen molar-refractivity contribution >= 4 is 46.5 Å². The van der Waals surface area contributed by atoms with Crippen molar-refractivity contribution in [2.75, 3.05) is 17.7 Å². The largest absolute Gasteiger partial charge is 0.452 e. The lowest BCUT2D eigenvalue weighted by Crippen LogP contribution is -2.22. The molecule has 0 aliphatic heterocycles. The number of carbonyl (C=O) groups excluding carboxylic acids is 2. The predicted molar refractivity (Wildman–Crippen MR) is 100 cm³/mol. The molecule has 0 radical (unpaired) electrons. The first-order chi connectivity index (χ1) is 11.7. The van der Waals surface area contributed by atoms with Crippen molar-refractivity contribution in [2.45, 2.75) is 20.8 Å². The number of hydrogen-bond acceptors (Lipinski definition) is 4. The second-order valence-corrected chi connectivity index (χ2v) is 6.59. The molecular weight excluding hydrogens is 363 g/mol. The second-order valence-electron chi connectivity index (χ2n) is 5.75. The van der Waals surface area contributed by atoms with Gasteiger partial charge in [0.1, 0.15) is 0 Å². The molecule has 0 atom stereocenters. The summed E-state index contributed by atoms with van der Waals surface area (Å²) >= 11 is 11.7. The monoisotopic (exact) mass is 380 g/mol. The van der Waals surface area contributed by atoms with Crippen molar-refractivity contribution in [3.63, 3.8) is 0 Å². The van der Waals surface area contributed by atoms with Crippen molar-refractivity contribution in [1.29, 1.82) is 0 Å². The van der Waals surface area contributed by atoms with Crippen molar-refractivity contribution in [3.05, 3.63) is 56.6 Å². The van der Waals surface area contributed by atoms with E-state index in [4.69, 9.17) is 33.7 Å². The molecule has 0 heterocycles. The number of anilines is 2. The van der Waals surface area contributed by atoms with E-state index in [-0.39, 0.29) is 21.3 Å². The van der Waals surface area contributed by atoms with Gasteiger partial charge in [0.25, 0.3) is 5.91 Å². The highest BCUT2D eigenvalue weighted by Crippen LogP contribution is 2.28. The van der Waals surface area contributed by atoms with E-state index in [2.05, 4.69) is 5.32 Å². The molecule has 0 spiro atoms. The Bertz CT molecular complexity index is 827. The third-order valence-electron chi connectivity index (χ3n) is 3.59. The molecule has 0 fully saturated rings. The average molecular weight is 381 g/mol. The fraction of sp³-hybridized carbons (Fsp3) is 0.222. The molecule has 7 heteroatoms. The number of carbonyl (C=O) groups is 2. The molecule has 25 heavy (non-hydrogen) atoms. The average Bonchev–Trinajstić information content (AvgIpc) is 2.52. The van der Waals surface area contributed by atoms with Crippen LogP contribution in [0.4, 0.5) is 11.4 Å². The van der Waals surface area contributed by atoms with Crippen LogP contribution in [-0.4, -0.2) is 18.5 Å². The van der Waals surface area contributed by atoms with Gasteiger partial charge in [-0.3, -0.25) is 4.79 Å². The van der Waals surface area contributed by atoms with Gasteiger partial charge in [0.2, 0.25) is 0 Å². The zero-order valence-electron chi connectivity index (χ0n) is 14.1. The molecule has 0 unspecified atom stereocenters. The van der Waals surface area contributed by atoms with Crippen LogP contribution in [0.25, 0.3) is 0 Å². The number of nitrogens with one attached hydrogen (secondary N) is 1. The first-order valence-corrected chi connectivity index (χ1v) is 8.24. The Morgan fingerprint density at radius 1 is 1.08 bits per heavy atom. The molecule has 1 amide bonds. The van der Waals surface area contributed by atoms with Crippen molar-refractivity contribution < 1.29 is 14.3 Å². The lowest BCUT2D eigenvalue weighted by atomic mass is 10.1. The highest BCUT2D eigenvalue weighted by molar-refractivity contribution is 6.37. The molecule has 0 saturated heterocycles. The zero-order chi connectivity index (χ0) is 18.7. The third-order valence-corrected chi connectivity index (χ3v) is 4.12. The Kier molecular flexibility index (Phi) is 5.93. The van der Waals surface area contributed by atoms with Gasteiger partial charge in [-0.1, -0.05) is 40.9 Å². The Labute approximate surface area is 156 Å². The highest BCUT2D eigenvalue weighted by Gasteiger charge is 2.17. The standard InChI is InChI=1S/C18H18Cl2N2O3/c1-9-4-10(2)17(11(3)5-9)22-15(23)8-25-18(24)13-6-12(19)7-14(20)16(13)21/h4-7H,8,21H2,1-3H3,(H,22,23). The van der Waals surface area contributed by atoms with Crippen LogP contribution in [0.3, 0.4) is 0 Å². The summed E-state index contributed by atoms with van der Waals surface area (Å²) in [7, 11) is 0. The Morgan fingerprint density at radius 2 is 1.68 bits per heavy atom. The summed E-state index contributed by atoms with van der Waals surface area (Å²) in [6.45, 7) is 5.33. The zero-order valence-corrected chi connectivity index (χ0v) is 15.6. The summed E-state index contributed by atoms with van der Waals surface area (Å²) < 4.78 is 5.01. The van der Waals surface area contributed by atoms with E-state index >= 15 is 0 Å². The van der Waals surface area contributed by atoms with E-state index in [0.29, 0.717) is 5.69 Å². The van der Waals surface area contributed by atoms with Gasteiger partial charge in [0.15, 0.2) is 6.61 Å². The maximum absolute atomic E-state index is 12.1. The first kappa shape index (κ1) is 19.1. The van der Waals surface area contributed by atoms with Crippen LogP contribution < -0.4 is 11.1 Å². The van der Waals surface area contributed by atoms with E-state index in [1.807, 2.05) is 32.9 Å². The molecule has 3 N–H and O–H groups in total. The fourth-order valence-corrected chi connectivity index (χ4v) is 3.01. The van der Waals surface area contributed by atoms with Gasteiger partial charge >= 0.3 is 5.97 Å². The molecule has 0 aromatic heterocycles. The van der Waals surface area contributed by atoms with Gasteiger partial charge in [-0.05, 0) is 44.0 Å². The number of nitrogen functional groups attached to an aromatic ring is 1. The Hall–Kier alpha value is -2.24. The quantitative estimate of drug-likeness (QED) is 0.611. The number of nitrogens with two attached hydrogens (primary N) is 1. The SMILES string of the molecule is Cc1cc(C)c(NC(=O)COC(=O)c2cc(Cl)cc(Cl)c2N)c(C)c1. The van der Waals surface area contributed by atoms with Gasteiger partial charge in [-0.25, -0.2) is 4.79 Å². The predicted octanol–water partition coefficient (Wildman–Crippen LogP) is 4.30. The number of hydrogen-bond donors (Lipinski definition) is 2. The molecular formula is C18H18Cl2N2O3. The Morgan fingerprint density at radius 3 is 2.28 bits per heavy atom. The number of amides is 1. The minimum atomic E-state index is -0.769. The highest BCUT2D eigenvalue weighted by atomic mass is 35.5. The summed E-state index contributed by atoms with van der Waals surface area (Å²) in [5.41, 5.74) is 9.50. The van der Waals surface area contributed by atoms with Gasteiger partial charge in [-0.15, -0.1) is 0 Å². The first-order valence-electron chi connectivity index (χ1n) is 7.48. The van der Waals surface area contributed by atoms with Gasteiger partial charge < -0.3 is 15.8 Å². The topological polar surface area (TPSA) is 81.4 Å².